The fourth-order valence-electron chi connectivity index (χ4n) is 0.384. The summed E-state index contributed by atoms with van der Waals surface area (Å²) >= 11 is 0. The minimum absolute atomic E-state index is 0.286. The highest BCUT2D eigenvalue weighted by Gasteiger charge is 1.97. The molecule has 0 unspecified atom stereocenters. The number of aliphatic imine (C=N–C) groups is 2. The summed E-state index contributed by atoms with van der Waals surface area (Å²) in [6.07, 6.45) is 2.78. The second-order valence-electron chi connectivity index (χ2n) is 1.77. The average molecular weight is 139 g/mol. The first-order valence-corrected chi connectivity index (χ1v) is 2.70. The van der Waals surface area contributed by atoms with Crippen LogP contribution < -0.4 is 0 Å². The van der Waals surface area contributed by atoms with E-state index in [0.717, 1.165) is 5.92 Å². The Labute approximate surface area is 58.7 Å². The van der Waals surface area contributed by atoms with Crippen LogP contribution in [-0.2, 0) is 9.59 Å². The van der Waals surface area contributed by atoms with Gasteiger partial charge in [0.05, 0.1) is 13.1 Å². The first-order chi connectivity index (χ1) is 4.81. The highest BCUT2D eigenvalue weighted by molar-refractivity contribution is 5.34. The molecule has 0 aliphatic carbocycles. The second kappa shape index (κ2) is 5.89. The molecule has 0 rings (SSSR count). The number of rotatable bonds is 4. The standard InChI is InChI=1S/C6H7N2O2/c1-6(2-7-4-9)3-8-5-10/h2-3H2,1H3. The second-order valence-corrected chi connectivity index (χ2v) is 1.77. The van der Waals surface area contributed by atoms with Crippen molar-refractivity contribution in [1.29, 1.82) is 0 Å². The van der Waals surface area contributed by atoms with E-state index in [0.29, 0.717) is 0 Å². The van der Waals surface area contributed by atoms with Gasteiger partial charge >= 0.3 is 0 Å². The molecule has 1 radical (unpaired) electrons. The SMILES string of the molecule is C[C](CN=C=O)CN=C=O. The number of isocyanates is 2. The molecule has 0 saturated carbocycles. The highest BCUT2D eigenvalue weighted by atomic mass is 16.1. The predicted molar refractivity (Wildman–Crippen MR) is 34.9 cm³/mol. The molecule has 0 heterocycles. The largest absolute Gasteiger partial charge is 0.234 e. The van der Waals surface area contributed by atoms with Crippen LogP contribution in [0.2, 0.25) is 0 Å². The lowest BCUT2D eigenvalue weighted by molar-refractivity contribution is 0.562. The van der Waals surface area contributed by atoms with Gasteiger partial charge in [0.15, 0.2) is 0 Å². The minimum atomic E-state index is 0.286. The van der Waals surface area contributed by atoms with Crippen LogP contribution >= 0.6 is 0 Å². The van der Waals surface area contributed by atoms with Gasteiger partial charge in [0.2, 0.25) is 12.2 Å². The zero-order valence-corrected chi connectivity index (χ0v) is 5.63. The fraction of sp³-hybridized carbons (Fsp3) is 0.500. The summed E-state index contributed by atoms with van der Waals surface area (Å²) in [5, 5.41) is 0. The van der Waals surface area contributed by atoms with E-state index in [4.69, 9.17) is 0 Å². The Balaban J connectivity index is 3.52. The molecule has 10 heavy (non-hydrogen) atoms. The molecule has 0 aliphatic rings. The Morgan fingerprint density at radius 1 is 1.20 bits per heavy atom. The highest BCUT2D eigenvalue weighted by Crippen LogP contribution is 1.96. The Bertz CT molecular complexity index is 158. The van der Waals surface area contributed by atoms with Gasteiger partial charge in [-0.2, -0.15) is 0 Å². The quantitative estimate of drug-likeness (QED) is 0.414. The molecule has 0 aromatic rings. The lowest BCUT2D eigenvalue weighted by atomic mass is 10.2. The van der Waals surface area contributed by atoms with E-state index >= 15 is 0 Å². The van der Waals surface area contributed by atoms with E-state index in [1.807, 2.05) is 0 Å². The molecular weight excluding hydrogens is 132 g/mol. The summed E-state index contributed by atoms with van der Waals surface area (Å²) in [5.74, 6) is 0.840. The first-order valence-electron chi connectivity index (χ1n) is 2.70. The summed E-state index contributed by atoms with van der Waals surface area (Å²) in [6, 6.07) is 0. The van der Waals surface area contributed by atoms with Crippen molar-refractivity contribution in [1.82, 2.24) is 0 Å². The van der Waals surface area contributed by atoms with Gasteiger partial charge in [-0.3, -0.25) is 0 Å². The van der Waals surface area contributed by atoms with Crippen LogP contribution in [0.15, 0.2) is 9.98 Å². The van der Waals surface area contributed by atoms with Crippen LogP contribution in [0.5, 0.6) is 0 Å². The monoisotopic (exact) mass is 139 g/mol. The molecule has 0 amide bonds. The molecule has 0 fully saturated rings. The normalized spacial score (nSPS) is 8.20. The van der Waals surface area contributed by atoms with E-state index in [-0.39, 0.29) is 13.1 Å². The number of hydrogen-bond donors (Lipinski definition) is 0. The van der Waals surface area contributed by atoms with Gasteiger partial charge in [-0.15, -0.1) is 0 Å². The molecule has 0 bridgehead atoms. The van der Waals surface area contributed by atoms with Crippen molar-refractivity contribution in [2.45, 2.75) is 6.92 Å². The molecule has 0 spiro atoms. The molecule has 4 nitrogen and oxygen atoms in total. The molecule has 0 saturated heterocycles. The Morgan fingerprint density at radius 2 is 1.60 bits per heavy atom. The average Bonchev–Trinajstić information content (AvgIpc) is 1.97. The van der Waals surface area contributed by atoms with Gasteiger partial charge < -0.3 is 0 Å². The van der Waals surface area contributed by atoms with Crippen molar-refractivity contribution in [2.24, 2.45) is 9.98 Å². The minimum Gasteiger partial charge on any atom is -0.211 e. The van der Waals surface area contributed by atoms with Crippen molar-refractivity contribution < 1.29 is 9.59 Å². The van der Waals surface area contributed by atoms with Gasteiger partial charge in [-0.25, -0.2) is 19.6 Å². The zero-order chi connectivity index (χ0) is 7.82. The smallest absolute Gasteiger partial charge is 0.211 e. The van der Waals surface area contributed by atoms with Gasteiger partial charge in [-0.1, -0.05) is 6.92 Å². The summed E-state index contributed by atoms with van der Waals surface area (Å²) in [5.41, 5.74) is 0. The van der Waals surface area contributed by atoms with Gasteiger partial charge in [-0.05, 0) is 0 Å². The van der Waals surface area contributed by atoms with E-state index in [2.05, 4.69) is 9.98 Å². The molecule has 4 heteroatoms. The third kappa shape index (κ3) is 4.91. The predicted octanol–water partition coefficient (Wildman–Crippen LogP) is 0.252. The molecule has 0 atom stereocenters. The van der Waals surface area contributed by atoms with Crippen molar-refractivity contribution >= 4 is 12.2 Å². The zero-order valence-electron chi connectivity index (χ0n) is 5.63. The lowest BCUT2D eigenvalue weighted by Crippen LogP contribution is -1.99. The molecule has 0 aromatic carbocycles. The lowest BCUT2D eigenvalue weighted by Gasteiger charge is -1.97. The van der Waals surface area contributed by atoms with Crippen molar-refractivity contribution in [3.63, 3.8) is 0 Å². The molecular formula is C6H7N2O2. The molecule has 0 aromatic heterocycles. The van der Waals surface area contributed by atoms with Crippen molar-refractivity contribution in [3.05, 3.63) is 5.92 Å². The fourth-order valence-corrected chi connectivity index (χ4v) is 0.384. The van der Waals surface area contributed by atoms with E-state index in [1.54, 1.807) is 6.92 Å². The van der Waals surface area contributed by atoms with E-state index in [1.165, 1.54) is 12.2 Å². The van der Waals surface area contributed by atoms with Gasteiger partial charge in [0.25, 0.3) is 0 Å². The summed E-state index contributed by atoms with van der Waals surface area (Å²) < 4.78 is 0. The molecule has 53 valence electrons. The summed E-state index contributed by atoms with van der Waals surface area (Å²) in [7, 11) is 0. The Kier molecular flexibility index (Phi) is 5.16. The number of nitrogens with zero attached hydrogens (tertiary/aromatic N) is 2. The maximum atomic E-state index is 9.57. The third-order valence-corrected chi connectivity index (χ3v) is 0.827. The number of carbonyl (C=O) groups excluding carboxylic acids is 2. The summed E-state index contributed by atoms with van der Waals surface area (Å²) in [6.45, 7) is 2.32. The maximum absolute atomic E-state index is 9.57. The maximum Gasteiger partial charge on any atom is 0.234 e. The van der Waals surface area contributed by atoms with Crippen LogP contribution in [0.4, 0.5) is 0 Å². The van der Waals surface area contributed by atoms with Crippen molar-refractivity contribution in [2.75, 3.05) is 13.1 Å². The van der Waals surface area contributed by atoms with Crippen LogP contribution in [-0.4, -0.2) is 25.2 Å². The van der Waals surface area contributed by atoms with Crippen LogP contribution in [0.25, 0.3) is 0 Å². The van der Waals surface area contributed by atoms with E-state index < -0.39 is 0 Å². The topological polar surface area (TPSA) is 58.9 Å². The molecule has 0 aliphatic heterocycles. The van der Waals surface area contributed by atoms with Gasteiger partial charge in [0, 0.05) is 5.92 Å². The third-order valence-electron chi connectivity index (χ3n) is 0.827. The van der Waals surface area contributed by atoms with E-state index in [9.17, 15) is 9.59 Å². The van der Waals surface area contributed by atoms with Gasteiger partial charge in [0.1, 0.15) is 0 Å². The van der Waals surface area contributed by atoms with Crippen LogP contribution in [0.3, 0.4) is 0 Å². The van der Waals surface area contributed by atoms with Crippen molar-refractivity contribution in [3.8, 4) is 0 Å². The summed E-state index contributed by atoms with van der Waals surface area (Å²) in [4.78, 5) is 25.7. The first kappa shape index (κ1) is 8.76. The Hall–Kier alpha value is -1.24. The van der Waals surface area contributed by atoms with Crippen LogP contribution in [0.1, 0.15) is 6.92 Å². The Morgan fingerprint density at radius 3 is 1.90 bits per heavy atom. The van der Waals surface area contributed by atoms with Crippen LogP contribution in [0, 0.1) is 5.92 Å². The molecule has 0 N–H and O–H groups in total. The number of hydrogen-bond acceptors (Lipinski definition) is 4.